The summed E-state index contributed by atoms with van der Waals surface area (Å²) in [6.45, 7) is 6.56. The van der Waals surface area contributed by atoms with Crippen LogP contribution in [0.25, 0.3) is 10.9 Å². The number of ether oxygens (including phenoxy) is 2. The summed E-state index contributed by atoms with van der Waals surface area (Å²) in [4.78, 5) is 17.7. The SMILES string of the molecule is COc1ccc(N2Cc3c(c4cc(Cl)ccc4n3C)C2=O)cc1OCCN1CCC(C)CC1. The molecule has 174 valence electrons. The predicted molar refractivity (Wildman–Crippen MR) is 132 cm³/mol. The van der Waals surface area contributed by atoms with Crippen LogP contribution in [0.4, 0.5) is 5.69 Å². The average molecular weight is 468 g/mol. The number of piperidine rings is 1. The van der Waals surface area contributed by atoms with Crippen molar-refractivity contribution in [3.05, 3.63) is 52.7 Å². The summed E-state index contributed by atoms with van der Waals surface area (Å²) in [7, 11) is 3.64. The van der Waals surface area contributed by atoms with Gasteiger partial charge in [-0.05, 0) is 62.2 Å². The highest BCUT2D eigenvalue weighted by Crippen LogP contribution is 2.39. The maximum Gasteiger partial charge on any atom is 0.261 e. The monoisotopic (exact) mass is 467 g/mol. The number of hydrogen-bond donors (Lipinski definition) is 0. The van der Waals surface area contributed by atoms with Crippen molar-refractivity contribution in [3.8, 4) is 11.5 Å². The number of methoxy groups -OCH3 is 1. The Hall–Kier alpha value is -2.70. The molecule has 1 fully saturated rings. The number of carbonyl (C=O) groups excluding carboxylic acids is 1. The molecule has 0 radical (unpaired) electrons. The molecule has 2 aromatic carbocycles. The fraction of sp³-hybridized carbons (Fsp3) is 0.423. The van der Waals surface area contributed by atoms with E-state index in [1.165, 1.54) is 12.8 Å². The van der Waals surface area contributed by atoms with E-state index >= 15 is 0 Å². The highest BCUT2D eigenvalue weighted by Gasteiger charge is 2.34. The quantitative estimate of drug-likeness (QED) is 0.505. The predicted octanol–water partition coefficient (Wildman–Crippen LogP) is 5.11. The van der Waals surface area contributed by atoms with Gasteiger partial charge in [-0.2, -0.15) is 0 Å². The average Bonchev–Trinajstić information content (AvgIpc) is 3.29. The molecule has 33 heavy (non-hydrogen) atoms. The van der Waals surface area contributed by atoms with Gasteiger partial charge in [-0.15, -0.1) is 0 Å². The van der Waals surface area contributed by atoms with Crippen molar-refractivity contribution >= 4 is 34.1 Å². The summed E-state index contributed by atoms with van der Waals surface area (Å²) in [5, 5.41) is 1.53. The summed E-state index contributed by atoms with van der Waals surface area (Å²) in [5.74, 6) is 2.13. The Morgan fingerprint density at radius 3 is 2.64 bits per heavy atom. The molecule has 0 bridgehead atoms. The first kappa shape index (κ1) is 22.1. The van der Waals surface area contributed by atoms with E-state index in [0.717, 1.165) is 53.4 Å². The number of benzene rings is 2. The Morgan fingerprint density at radius 1 is 1.09 bits per heavy atom. The number of halogens is 1. The van der Waals surface area contributed by atoms with Gasteiger partial charge in [-0.1, -0.05) is 18.5 Å². The molecular formula is C26H30ClN3O3. The lowest BCUT2D eigenvalue weighted by Gasteiger charge is -2.30. The fourth-order valence-electron chi connectivity index (χ4n) is 4.97. The van der Waals surface area contributed by atoms with Crippen LogP contribution in [-0.4, -0.2) is 48.7 Å². The molecule has 6 nitrogen and oxygen atoms in total. The number of aryl methyl sites for hydroxylation is 1. The molecule has 2 aliphatic rings. The molecule has 0 N–H and O–H groups in total. The normalized spacial score (nSPS) is 17.1. The van der Waals surface area contributed by atoms with Crippen molar-refractivity contribution in [1.82, 2.24) is 9.47 Å². The minimum absolute atomic E-state index is 0.0172. The van der Waals surface area contributed by atoms with Gasteiger partial charge in [0.05, 0.1) is 24.9 Å². The topological polar surface area (TPSA) is 46.9 Å². The van der Waals surface area contributed by atoms with Crippen LogP contribution in [0.5, 0.6) is 11.5 Å². The van der Waals surface area contributed by atoms with E-state index in [1.54, 1.807) is 12.0 Å². The number of fused-ring (bicyclic) bond motifs is 3. The first-order valence-electron chi connectivity index (χ1n) is 11.6. The summed E-state index contributed by atoms with van der Waals surface area (Å²) in [6.07, 6.45) is 2.49. The smallest absolute Gasteiger partial charge is 0.261 e. The van der Waals surface area contributed by atoms with Crippen LogP contribution in [0.3, 0.4) is 0 Å². The molecule has 1 saturated heterocycles. The summed E-state index contributed by atoms with van der Waals surface area (Å²) in [5.41, 5.74) is 3.54. The molecule has 0 saturated carbocycles. The Morgan fingerprint density at radius 2 is 1.88 bits per heavy atom. The van der Waals surface area contributed by atoms with Gasteiger partial charge in [0, 0.05) is 41.3 Å². The van der Waals surface area contributed by atoms with Gasteiger partial charge in [0.25, 0.3) is 5.91 Å². The van der Waals surface area contributed by atoms with Crippen molar-refractivity contribution in [1.29, 1.82) is 0 Å². The third-order valence-electron chi connectivity index (χ3n) is 7.05. The minimum atomic E-state index is -0.0172. The van der Waals surface area contributed by atoms with Crippen molar-refractivity contribution in [2.24, 2.45) is 13.0 Å². The lowest BCUT2D eigenvalue weighted by Crippen LogP contribution is -2.35. The van der Waals surface area contributed by atoms with Gasteiger partial charge in [0.15, 0.2) is 11.5 Å². The molecule has 0 atom stereocenters. The number of likely N-dealkylation sites (tertiary alicyclic amines) is 1. The third-order valence-corrected chi connectivity index (χ3v) is 7.28. The Kier molecular flexibility index (Phi) is 5.97. The molecule has 3 heterocycles. The lowest BCUT2D eigenvalue weighted by atomic mass is 9.99. The van der Waals surface area contributed by atoms with Gasteiger partial charge in [-0.25, -0.2) is 0 Å². The van der Waals surface area contributed by atoms with E-state index in [0.29, 0.717) is 29.7 Å². The van der Waals surface area contributed by atoms with Crippen LogP contribution in [0.1, 0.15) is 35.8 Å². The van der Waals surface area contributed by atoms with Gasteiger partial charge >= 0.3 is 0 Å². The standard InChI is InChI=1S/C26H30ClN3O3/c1-17-8-10-29(11-9-17)12-13-33-24-15-19(5-7-23(24)32-3)30-16-22-25(26(30)31)20-14-18(27)4-6-21(20)28(22)2/h4-7,14-15,17H,8-13,16H2,1-3H3. The molecule has 7 heteroatoms. The molecular weight excluding hydrogens is 438 g/mol. The maximum atomic E-state index is 13.4. The summed E-state index contributed by atoms with van der Waals surface area (Å²) in [6, 6.07) is 11.4. The van der Waals surface area contributed by atoms with Crippen LogP contribution in [-0.2, 0) is 13.6 Å². The first-order chi connectivity index (χ1) is 16.0. The second-order valence-electron chi connectivity index (χ2n) is 9.14. The number of aromatic nitrogens is 1. The van der Waals surface area contributed by atoms with Gasteiger partial charge in [-0.3, -0.25) is 9.69 Å². The maximum absolute atomic E-state index is 13.4. The number of carbonyl (C=O) groups is 1. The van der Waals surface area contributed by atoms with E-state index in [4.69, 9.17) is 21.1 Å². The zero-order chi connectivity index (χ0) is 23.1. The number of hydrogen-bond acceptors (Lipinski definition) is 4. The number of nitrogens with zero attached hydrogens (tertiary/aromatic N) is 3. The molecule has 0 spiro atoms. The van der Waals surface area contributed by atoms with Crippen LogP contribution in [0, 0.1) is 5.92 Å². The van der Waals surface area contributed by atoms with Gasteiger partial charge in [0.1, 0.15) is 6.61 Å². The van der Waals surface area contributed by atoms with Crippen LogP contribution >= 0.6 is 11.6 Å². The summed E-state index contributed by atoms with van der Waals surface area (Å²) >= 11 is 6.23. The highest BCUT2D eigenvalue weighted by atomic mass is 35.5. The van der Waals surface area contributed by atoms with E-state index < -0.39 is 0 Å². The minimum Gasteiger partial charge on any atom is -0.493 e. The molecule has 0 aliphatic carbocycles. The highest BCUT2D eigenvalue weighted by molar-refractivity contribution is 6.32. The van der Waals surface area contributed by atoms with E-state index in [2.05, 4.69) is 16.4 Å². The van der Waals surface area contributed by atoms with Gasteiger partial charge in [0.2, 0.25) is 0 Å². The van der Waals surface area contributed by atoms with Crippen molar-refractivity contribution < 1.29 is 14.3 Å². The number of amides is 1. The van der Waals surface area contributed by atoms with E-state index in [-0.39, 0.29) is 5.91 Å². The second kappa shape index (κ2) is 8.92. The zero-order valence-electron chi connectivity index (χ0n) is 19.4. The second-order valence-corrected chi connectivity index (χ2v) is 9.58. The number of rotatable bonds is 6. The molecule has 3 aromatic rings. The fourth-order valence-corrected chi connectivity index (χ4v) is 5.15. The molecule has 0 unspecified atom stereocenters. The molecule has 1 aromatic heterocycles. The zero-order valence-corrected chi connectivity index (χ0v) is 20.2. The molecule has 2 aliphatic heterocycles. The van der Waals surface area contributed by atoms with Crippen molar-refractivity contribution in [3.63, 3.8) is 0 Å². The Labute approximate surface area is 199 Å². The summed E-state index contributed by atoms with van der Waals surface area (Å²) < 4.78 is 13.7. The molecule has 1 amide bonds. The van der Waals surface area contributed by atoms with Crippen LogP contribution in [0.15, 0.2) is 36.4 Å². The van der Waals surface area contributed by atoms with Crippen molar-refractivity contribution in [2.45, 2.75) is 26.3 Å². The molecule has 5 rings (SSSR count). The van der Waals surface area contributed by atoms with Crippen molar-refractivity contribution in [2.75, 3.05) is 38.3 Å². The first-order valence-corrected chi connectivity index (χ1v) is 12.0. The van der Waals surface area contributed by atoms with Crippen LogP contribution in [0.2, 0.25) is 5.02 Å². The largest absolute Gasteiger partial charge is 0.493 e. The number of anilines is 1. The third kappa shape index (κ3) is 4.06. The van der Waals surface area contributed by atoms with Gasteiger partial charge < -0.3 is 18.9 Å². The van der Waals surface area contributed by atoms with Crippen LogP contribution < -0.4 is 14.4 Å². The van der Waals surface area contributed by atoms with E-state index in [9.17, 15) is 4.79 Å². The Balaban J connectivity index is 1.35. The lowest BCUT2D eigenvalue weighted by molar-refractivity contribution is 0.0998. The Bertz CT molecular complexity index is 1200. The van der Waals surface area contributed by atoms with E-state index in [1.807, 2.05) is 43.4 Å².